The molecule has 0 N–H and O–H groups in total. The summed E-state index contributed by atoms with van der Waals surface area (Å²) in [6, 6.07) is 10.5. The Morgan fingerprint density at radius 1 is 1.00 bits per heavy atom. The number of aryl methyl sites for hydroxylation is 2. The van der Waals surface area contributed by atoms with Crippen LogP contribution in [-0.4, -0.2) is 29.1 Å². The Hall–Kier alpha value is -3.28. The lowest BCUT2D eigenvalue weighted by atomic mass is 10.0. The average Bonchev–Trinajstić information content (AvgIpc) is 3.37. The molecule has 0 saturated heterocycles. The second-order valence-electron chi connectivity index (χ2n) is 7.64. The van der Waals surface area contributed by atoms with E-state index in [4.69, 9.17) is 4.98 Å². The molecule has 4 aromatic rings. The molecule has 146 valence electrons. The topological polar surface area (TPSA) is 61.4 Å². The summed E-state index contributed by atoms with van der Waals surface area (Å²) < 4.78 is 4.40. The highest BCUT2D eigenvalue weighted by molar-refractivity contribution is 5.78. The van der Waals surface area contributed by atoms with Gasteiger partial charge in [-0.3, -0.25) is 0 Å². The molecule has 3 aromatic heterocycles. The van der Waals surface area contributed by atoms with Crippen molar-refractivity contribution < 1.29 is 0 Å². The van der Waals surface area contributed by atoms with Gasteiger partial charge in [0.15, 0.2) is 0 Å². The van der Waals surface area contributed by atoms with Crippen molar-refractivity contribution in [2.75, 3.05) is 0 Å². The molecule has 0 amide bonds. The van der Waals surface area contributed by atoms with E-state index in [2.05, 4.69) is 50.2 Å². The van der Waals surface area contributed by atoms with Gasteiger partial charge < -0.3 is 9.13 Å². The summed E-state index contributed by atoms with van der Waals surface area (Å²) in [5, 5.41) is 0. The van der Waals surface area contributed by atoms with Crippen LogP contribution in [0.5, 0.6) is 0 Å². The van der Waals surface area contributed by atoms with E-state index >= 15 is 0 Å². The van der Waals surface area contributed by atoms with Crippen LogP contribution in [-0.2, 0) is 13.5 Å². The van der Waals surface area contributed by atoms with Crippen LogP contribution in [0.1, 0.15) is 37.5 Å². The van der Waals surface area contributed by atoms with Gasteiger partial charge >= 0.3 is 0 Å². The van der Waals surface area contributed by atoms with Crippen LogP contribution in [0.25, 0.3) is 22.5 Å². The summed E-state index contributed by atoms with van der Waals surface area (Å²) in [7, 11) is 2.06. The van der Waals surface area contributed by atoms with Gasteiger partial charge in [-0.2, -0.15) is 0 Å². The van der Waals surface area contributed by atoms with E-state index in [1.54, 1.807) is 0 Å². The molecule has 1 aromatic carbocycles. The van der Waals surface area contributed by atoms with Crippen molar-refractivity contribution in [3.05, 3.63) is 73.1 Å². The number of aromatic nitrogens is 6. The van der Waals surface area contributed by atoms with Gasteiger partial charge in [-0.15, -0.1) is 0 Å². The molecule has 29 heavy (non-hydrogen) atoms. The maximum absolute atomic E-state index is 4.85. The van der Waals surface area contributed by atoms with Crippen LogP contribution in [0.2, 0.25) is 0 Å². The molecule has 6 heteroatoms. The zero-order chi connectivity index (χ0) is 19.8. The van der Waals surface area contributed by atoms with Crippen molar-refractivity contribution in [1.29, 1.82) is 0 Å². The molecule has 1 atom stereocenters. The maximum Gasteiger partial charge on any atom is 0.131 e. The third kappa shape index (κ3) is 3.24. The van der Waals surface area contributed by atoms with Crippen molar-refractivity contribution in [2.24, 2.45) is 13.0 Å². The highest BCUT2D eigenvalue weighted by Gasteiger charge is 2.37. The molecule has 1 fully saturated rings. The molecule has 6 nitrogen and oxygen atoms in total. The van der Waals surface area contributed by atoms with E-state index in [0.29, 0.717) is 5.92 Å². The quantitative estimate of drug-likeness (QED) is 0.497. The SMILES string of the molecule is CCc1ncc(-c2c(-c3ccccc3)ncn2C(c2nccn2C)C2CC2)cn1. The molecule has 0 radical (unpaired) electrons. The summed E-state index contributed by atoms with van der Waals surface area (Å²) in [5.41, 5.74) is 4.09. The molecule has 1 saturated carbocycles. The minimum atomic E-state index is 0.154. The van der Waals surface area contributed by atoms with E-state index in [1.165, 1.54) is 12.8 Å². The Kier molecular flexibility index (Phi) is 4.46. The average molecular weight is 384 g/mol. The normalized spacial score (nSPS) is 14.8. The third-order valence-corrected chi connectivity index (χ3v) is 5.63. The van der Waals surface area contributed by atoms with Crippen LogP contribution in [0, 0.1) is 5.92 Å². The lowest BCUT2D eigenvalue weighted by molar-refractivity contribution is 0.482. The lowest BCUT2D eigenvalue weighted by Crippen LogP contribution is -2.17. The third-order valence-electron chi connectivity index (χ3n) is 5.63. The second kappa shape index (κ2) is 7.28. The van der Waals surface area contributed by atoms with Crippen molar-refractivity contribution in [3.63, 3.8) is 0 Å². The first-order valence-corrected chi connectivity index (χ1v) is 10.2. The molecule has 3 heterocycles. The minimum Gasteiger partial charge on any atom is -0.336 e. The smallest absolute Gasteiger partial charge is 0.131 e. The number of benzene rings is 1. The maximum atomic E-state index is 4.85. The first-order chi connectivity index (χ1) is 14.3. The van der Waals surface area contributed by atoms with E-state index in [1.807, 2.05) is 49.3 Å². The molecule has 0 spiro atoms. The minimum absolute atomic E-state index is 0.154. The van der Waals surface area contributed by atoms with Crippen molar-refractivity contribution in [3.8, 4) is 22.5 Å². The molecular weight excluding hydrogens is 360 g/mol. The van der Waals surface area contributed by atoms with Crippen molar-refractivity contribution in [2.45, 2.75) is 32.2 Å². The van der Waals surface area contributed by atoms with E-state index in [9.17, 15) is 0 Å². The van der Waals surface area contributed by atoms with Crippen molar-refractivity contribution in [1.82, 2.24) is 29.1 Å². The first kappa shape index (κ1) is 17.8. The van der Waals surface area contributed by atoms with Gasteiger partial charge in [0.05, 0.1) is 23.8 Å². The molecule has 1 unspecified atom stereocenters. The number of nitrogens with zero attached hydrogens (tertiary/aromatic N) is 6. The van der Waals surface area contributed by atoms with Gasteiger partial charge in [0.25, 0.3) is 0 Å². The van der Waals surface area contributed by atoms with Gasteiger partial charge in [0, 0.05) is 49.4 Å². The van der Waals surface area contributed by atoms with E-state index in [0.717, 1.165) is 40.6 Å². The Morgan fingerprint density at radius 3 is 2.38 bits per heavy atom. The molecule has 0 aliphatic heterocycles. The highest BCUT2D eigenvalue weighted by atomic mass is 15.2. The van der Waals surface area contributed by atoms with Gasteiger partial charge in [-0.1, -0.05) is 37.3 Å². The van der Waals surface area contributed by atoms with E-state index in [-0.39, 0.29) is 6.04 Å². The fourth-order valence-corrected chi connectivity index (χ4v) is 3.96. The fourth-order valence-electron chi connectivity index (χ4n) is 3.96. The molecular formula is C23H24N6. The lowest BCUT2D eigenvalue weighted by Gasteiger charge is -2.21. The summed E-state index contributed by atoms with van der Waals surface area (Å²) in [6.45, 7) is 2.07. The number of hydrogen-bond donors (Lipinski definition) is 0. The van der Waals surface area contributed by atoms with Gasteiger partial charge in [0.1, 0.15) is 11.6 Å². The summed E-state index contributed by atoms with van der Waals surface area (Å²) in [4.78, 5) is 18.6. The molecule has 0 bridgehead atoms. The highest BCUT2D eigenvalue weighted by Crippen LogP contribution is 2.45. The van der Waals surface area contributed by atoms with Crippen LogP contribution >= 0.6 is 0 Å². The van der Waals surface area contributed by atoms with Gasteiger partial charge in [0.2, 0.25) is 0 Å². The molecule has 1 aliphatic rings. The Labute approximate surface area is 170 Å². The monoisotopic (exact) mass is 384 g/mol. The zero-order valence-corrected chi connectivity index (χ0v) is 16.7. The summed E-state index contributed by atoms with van der Waals surface area (Å²) in [6.07, 6.45) is 12.9. The van der Waals surface area contributed by atoms with Crippen LogP contribution in [0.4, 0.5) is 0 Å². The van der Waals surface area contributed by atoms with Gasteiger partial charge in [-0.05, 0) is 18.8 Å². The number of hydrogen-bond acceptors (Lipinski definition) is 4. The molecule has 5 rings (SSSR count). The Morgan fingerprint density at radius 2 is 1.76 bits per heavy atom. The first-order valence-electron chi connectivity index (χ1n) is 10.2. The van der Waals surface area contributed by atoms with Crippen LogP contribution in [0.3, 0.4) is 0 Å². The number of imidazole rings is 2. The predicted octanol–water partition coefficient (Wildman–Crippen LogP) is 4.30. The fraction of sp³-hybridized carbons (Fsp3) is 0.304. The standard InChI is InChI=1S/C23H24N6/c1-3-19-25-13-18(14-26-19)21-20(16-7-5-4-6-8-16)27-15-29(21)22(17-9-10-17)23-24-11-12-28(23)2/h4-8,11-15,17,22H,3,9-10H2,1-2H3. The predicted molar refractivity (Wildman–Crippen MR) is 112 cm³/mol. The second-order valence-corrected chi connectivity index (χ2v) is 7.64. The number of rotatable bonds is 6. The summed E-state index contributed by atoms with van der Waals surface area (Å²) in [5.74, 6) is 2.49. The van der Waals surface area contributed by atoms with Gasteiger partial charge in [-0.25, -0.2) is 19.9 Å². The van der Waals surface area contributed by atoms with Crippen LogP contribution in [0.15, 0.2) is 61.4 Å². The van der Waals surface area contributed by atoms with Crippen LogP contribution < -0.4 is 0 Å². The largest absolute Gasteiger partial charge is 0.336 e. The Bertz CT molecular complexity index is 1110. The van der Waals surface area contributed by atoms with E-state index < -0.39 is 0 Å². The van der Waals surface area contributed by atoms with Crippen molar-refractivity contribution >= 4 is 0 Å². The zero-order valence-electron chi connectivity index (χ0n) is 16.7. The molecule has 1 aliphatic carbocycles. The summed E-state index contributed by atoms with van der Waals surface area (Å²) >= 11 is 0. The Balaban J connectivity index is 1.71.